The fourth-order valence-electron chi connectivity index (χ4n) is 1.32. The van der Waals surface area contributed by atoms with Gasteiger partial charge in [-0.2, -0.15) is 0 Å². The van der Waals surface area contributed by atoms with Crippen LogP contribution in [0.3, 0.4) is 0 Å². The van der Waals surface area contributed by atoms with Crippen LogP contribution in [0.4, 0.5) is 5.13 Å². The molecule has 0 spiro atoms. The first-order valence-electron chi connectivity index (χ1n) is 5.21. The molecule has 0 aliphatic carbocycles. The topological polar surface area (TPSA) is 59.2 Å². The van der Waals surface area contributed by atoms with Gasteiger partial charge in [-0.3, -0.25) is 4.79 Å². The van der Waals surface area contributed by atoms with Gasteiger partial charge in [0.05, 0.1) is 0 Å². The van der Waals surface area contributed by atoms with Gasteiger partial charge in [0, 0.05) is 18.5 Å². The van der Waals surface area contributed by atoms with Crippen LogP contribution < -0.4 is 5.73 Å². The van der Waals surface area contributed by atoms with Crippen molar-refractivity contribution in [3.63, 3.8) is 0 Å². The van der Waals surface area contributed by atoms with E-state index in [-0.39, 0.29) is 17.4 Å². The Balaban J connectivity index is 2.83. The molecule has 1 aromatic rings. The number of nitrogens with zero attached hydrogens (tertiary/aromatic N) is 2. The Labute approximate surface area is 100 Å². The summed E-state index contributed by atoms with van der Waals surface area (Å²) in [7, 11) is 1.80. The van der Waals surface area contributed by atoms with Crippen LogP contribution in [0.15, 0.2) is 5.38 Å². The first-order valence-corrected chi connectivity index (χ1v) is 6.09. The summed E-state index contributed by atoms with van der Waals surface area (Å²) in [6.45, 7) is 8.36. The first kappa shape index (κ1) is 13.0. The Hall–Kier alpha value is -1.10. The maximum Gasteiger partial charge on any atom is 0.273 e. The summed E-state index contributed by atoms with van der Waals surface area (Å²) in [6.07, 6.45) is 0. The molecular weight excluding hydrogens is 222 g/mol. The van der Waals surface area contributed by atoms with Crippen LogP contribution in [-0.2, 0) is 0 Å². The molecule has 1 rings (SSSR count). The molecule has 0 radical (unpaired) electrons. The molecule has 1 unspecified atom stereocenters. The summed E-state index contributed by atoms with van der Waals surface area (Å²) in [5.41, 5.74) is 5.99. The van der Waals surface area contributed by atoms with E-state index in [4.69, 9.17) is 5.73 Å². The Bertz CT molecular complexity index is 381. The third-order valence-electron chi connectivity index (χ3n) is 2.90. The first-order chi connectivity index (χ1) is 7.23. The van der Waals surface area contributed by atoms with Gasteiger partial charge in [0.1, 0.15) is 5.69 Å². The third kappa shape index (κ3) is 2.72. The van der Waals surface area contributed by atoms with Crippen LogP contribution in [-0.4, -0.2) is 28.9 Å². The molecule has 16 heavy (non-hydrogen) atoms. The minimum absolute atomic E-state index is 0.0476. The molecular formula is C11H19N3OS. The second-order valence-corrected chi connectivity index (χ2v) is 5.92. The van der Waals surface area contributed by atoms with Crippen molar-refractivity contribution in [2.24, 2.45) is 5.41 Å². The van der Waals surface area contributed by atoms with Crippen LogP contribution in [0, 0.1) is 5.41 Å². The number of hydrogen-bond donors (Lipinski definition) is 1. The van der Waals surface area contributed by atoms with Crippen molar-refractivity contribution >= 4 is 22.4 Å². The maximum absolute atomic E-state index is 12.1. The average Bonchev–Trinajstić information content (AvgIpc) is 2.60. The molecule has 0 bridgehead atoms. The number of aromatic nitrogens is 1. The van der Waals surface area contributed by atoms with Crippen LogP contribution in [0.2, 0.25) is 0 Å². The zero-order valence-corrected chi connectivity index (χ0v) is 11.3. The van der Waals surface area contributed by atoms with Gasteiger partial charge in [0.25, 0.3) is 5.91 Å². The molecule has 0 saturated heterocycles. The fourth-order valence-corrected chi connectivity index (χ4v) is 1.86. The van der Waals surface area contributed by atoms with Gasteiger partial charge in [0.2, 0.25) is 0 Å². The van der Waals surface area contributed by atoms with E-state index in [1.54, 1.807) is 17.3 Å². The van der Waals surface area contributed by atoms with Crippen LogP contribution in [0.5, 0.6) is 0 Å². The van der Waals surface area contributed by atoms with Gasteiger partial charge >= 0.3 is 0 Å². The molecule has 1 amide bonds. The van der Waals surface area contributed by atoms with E-state index < -0.39 is 0 Å². The Morgan fingerprint density at radius 2 is 2.12 bits per heavy atom. The summed E-state index contributed by atoms with van der Waals surface area (Å²) >= 11 is 1.29. The van der Waals surface area contributed by atoms with E-state index in [2.05, 4.69) is 25.8 Å². The van der Waals surface area contributed by atoms with E-state index in [0.717, 1.165) is 0 Å². The molecule has 90 valence electrons. The number of rotatable bonds is 2. The van der Waals surface area contributed by atoms with Crippen molar-refractivity contribution in [2.75, 3.05) is 12.8 Å². The highest BCUT2D eigenvalue weighted by Crippen LogP contribution is 2.24. The minimum Gasteiger partial charge on any atom is -0.375 e. The molecule has 0 aromatic carbocycles. The lowest BCUT2D eigenvalue weighted by Gasteiger charge is -2.34. The highest BCUT2D eigenvalue weighted by Gasteiger charge is 2.28. The third-order valence-corrected chi connectivity index (χ3v) is 3.57. The molecule has 1 aromatic heterocycles. The van der Waals surface area contributed by atoms with Crippen molar-refractivity contribution in [2.45, 2.75) is 33.7 Å². The lowest BCUT2D eigenvalue weighted by Crippen LogP contribution is -2.43. The van der Waals surface area contributed by atoms with Crippen molar-refractivity contribution < 1.29 is 4.79 Å². The van der Waals surface area contributed by atoms with Gasteiger partial charge in [-0.25, -0.2) is 4.98 Å². The summed E-state index contributed by atoms with van der Waals surface area (Å²) in [5, 5.41) is 2.13. The summed E-state index contributed by atoms with van der Waals surface area (Å²) in [6, 6.07) is 0.142. The quantitative estimate of drug-likeness (QED) is 0.863. The van der Waals surface area contributed by atoms with E-state index in [9.17, 15) is 4.79 Å². The van der Waals surface area contributed by atoms with Gasteiger partial charge in [-0.1, -0.05) is 20.8 Å². The molecule has 0 aliphatic rings. The zero-order chi connectivity index (χ0) is 12.5. The predicted octanol–water partition coefficient (Wildman–Crippen LogP) is 2.23. The molecule has 0 aliphatic heterocycles. The van der Waals surface area contributed by atoms with Gasteiger partial charge < -0.3 is 10.6 Å². The van der Waals surface area contributed by atoms with Crippen LogP contribution >= 0.6 is 11.3 Å². The molecule has 1 atom stereocenters. The second-order valence-electron chi connectivity index (χ2n) is 5.03. The SMILES string of the molecule is CC(N(C)C(=O)c1csc(N)n1)C(C)(C)C. The number of carbonyl (C=O) groups excluding carboxylic acids is 1. The number of nitrogens with two attached hydrogens (primary N) is 1. The normalized spacial score (nSPS) is 13.6. The molecule has 4 nitrogen and oxygen atoms in total. The molecule has 5 heteroatoms. The van der Waals surface area contributed by atoms with Gasteiger partial charge in [0.15, 0.2) is 5.13 Å². The number of hydrogen-bond acceptors (Lipinski definition) is 4. The second kappa shape index (κ2) is 4.41. The maximum atomic E-state index is 12.1. The van der Waals surface area contributed by atoms with Gasteiger partial charge in [-0.05, 0) is 12.3 Å². The van der Waals surface area contributed by atoms with Crippen molar-refractivity contribution in [3.05, 3.63) is 11.1 Å². The zero-order valence-electron chi connectivity index (χ0n) is 10.4. The largest absolute Gasteiger partial charge is 0.375 e. The Morgan fingerprint density at radius 3 is 2.50 bits per heavy atom. The van der Waals surface area contributed by atoms with Crippen LogP contribution in [0.25, 0.3) is 0 Å². The standard InChI is InChI=1S/C11H19N3OS/c1-7(11(2,3)4)14(5)9(15)8-6-16-10(12)13-8/h6-7H,1-5H3,(H2,12,13). The molecule has 2 N–H and O–H groups in total. The van der Waals surface area contributed by atoms with Gasteiger partial charge in [-0.15, -0.1) is 11.3 Å². The molecule has 0 fully saturated rings. The van der Waals surface area contributed by atoms with E-state index in [1.165, 1.54) is 11.3 Å². The average molecular weight is 241 g/mol. The minimum atomic E-state index is -0.0737. The lowest BCUT2D eigenvalue weighted by atomic mass is 9.87. The smallest absolute Gasteiger partial charge is 0.273 e. The predicted molar refractivity (Wildman–Crippen MR) is 67.5 cm³/mol. The number of anilines is 1. The lowest BCUT2D eigenvalue weighted by molar-refractivity contribution is 0.0624. The number of thiazole rings is 1. The van der Waals surface area contributed by atoms with E-state index in [0.29, 0.717) is 10.8 Å². The summed E-state index contributed by atoms with van der Waals surface area (Å²) in [5.74, 6) is -0.0737. The van der Waals surface area contributed by atoms with Crippen molar-refractivity contribution in [1.29, 1.82) is 0 Å². The van der Waals surface area contributed by atoms with Crippen LogP contribution in [0.1, 0.15) is 38.2 Å². The van der Waals surface area contributed by atoms with Crippen molar-refractivity contribution in [3.8, 4) is 0 Å². The Morgan fingerprint density at radius 1 is 1.56 bits per heavy atom. The summed E-state index contributed by atoms with van der Waals surface area (Å²) < 4.78 is 0. The number of nitrogen functional groups attached to an aromatic ring is 1. The fraction of sp³-hybridized carbons (Fsp3) is 0.636. The molecule has 1 heterocycles. The van der Waals surface area contributed by atoms with Crippen molar-refractivity contribution in [1.82, 2.24) is 9.88 Å². The number of amides is 1. The van der Waals surface area contributed by atoms with E-state index in [1.807, 2.05) is 6.92 Å². The Kier molecular flexibility index (Phi) is 3.57. The summed E-state index contributed by atoms with van der Waals surface area (Å²) in [4.78, 5) is 17.8. The monoisotopic (exact) mass is 241 g/mol. The number of carbonyl (C=O) groups is 1. The van der Waals surface area contributed by atoms with E-state index >= 15 is 0 Å². The highest BCUT2D eigenvalue weighted by molar-refractivity contribution is 7.13. The highest BCUT2D eigenvalue weighted by atomic mass is 32.1. The molecule has 0 saturated carbocycles.